The number of hydrogen-bond donors (Lipinski definition) is 0. The molecule has 154 valence electrons. The second kappa shape index (κ2) is 8.16. The third-order valence-corrected chi connectivity index (χ3v) is 8.00. The largest absolute Gasteiger partial charge is 0.319 e. The molecular weight excluding hydrogens is 416 g/mol. The molecule has 0 saturated carbocycles. The van der Waals surface area contributed by atoms with Crippen molar-refractivity contribution in [1.29, 1.82) is 0 Å². The zero-order chi connectivity index (χ0) is 21.3. The van der Waals surface area contributed by atoms with Gasteiger partial charge in [0.15, 0.2) is 14.6 Å². The lowest BCUT2D eigenvalue weighted by Gasteiger charge is -2.04. The number of benzene rings is 3. The number of fused-ring (bicyclic) bond motifs is 3. The lowest BCUT2D eigenvalue weighted by Crippen LogP contribution is -2.14. The van der Waals surface area contributed by atoms with E-state index in [-0.39, 0.29) is 24.5 Å². The Balaban J connectivity index is 1.52. The van der Waals surface area contributed by atoms with Crippen LogP contribution < -0.4 is 4.80 Å². The summed E-state index contributed by atoms with van der Waals surface area (Å²) in [5.74, 6) is -0.374. The van der Waals surface area contributed by atoms with Gasteiger partial charge in [-0.15, -0.1) is 0 Å². The van der Waals surface area contributed by atoms with E-state index < -0.39 is 9.84 Å². The summed E-state index contributed by atoms with van der Waals surface area (Å²) in [6.45, 7) is 1.91. The van der Waals surface area contributed by atoms with E-state index in [4.69, 9.17) is 0 Å². The molecule has 0 fully saturated rings. The van der Waals surface area contributed by atoms with Crippen molar-refractivity contribution < 1.29 is 13.2 Å². The minimum Gasteiger partial charge on any atom is -0.319 e. The van der Waals surface area contributed by atoms with Crippen molar-refractivity contribution in [2.45, 2.75) is 24.7 Å². The third-order valence-electron chi connectivity index (χ3n) is 5.09. The van der Waals surface area contributed by atoms with Gasteiger partial charge < -0.3 is 4.57 Å². The number of carbonyl (C=O) groups excluding carboxylic acids is 1. The van der Waals surface area contributed by atoms with E-state index >= 15 is 0 Å². The fourth-order valence-electron chi connectivity index (χ4n) is 3.46. The van der Waals surface area contributed by atoms with Gasteiger partial charge in [0.1, 0.15) is 0 Å². The normalized spacial score (nSPS) is 12.7. The van der Waals surface area contributed by atoms with Crippen LogP contribution in [-0.4, -0.2) is 24.6 Å². The highest BCUT2D eigenvalue weighted by Crippen LogP contribution is 2.26. The number of carbonyl (C=O) groups is 1. The average Bonchev–Trinajstić information content (AvgIpc) is 3.04. The van der Waals surface area contributed by atoms with Crippen LogP contribution in [0.5, 0.6) is 0 Å². The Morgan fingerprint density at radius 2 is 1.77 bits per heavy atom. The Morgan fingerprint density at radius 3 is 2.53 bits per heavy atom. The summed E-state index contributed by atoms with van der Waals surface area (Å²) in [7, 11) is -1.49. The first-order valence-corrected chi connectivity index (χ1v) is 12.2. The number of hydrogen-bond acceptors (Lipinski definition) is 4. The highest BCUT2D eigenvalue weighted by molar-refractivity contribution is 7.91. The molecule has 0 spiro atoms. The number of rotatable bonds is 5. The van der Waals surface area contributed by atoms with Gasteiger partial charge >= 0.3 is 0 Å². The summed E-state index contributed by atoms with van der Waals surface area (Å²) in [5.41, 5.74) is 2.05. The molecule has 0 N–H and O–H groups in total. The van der Waals surface area contributed by atoms with Crippen LogP contribution in [0.3, 0.4) is 0 Å². The molecule has 4 rings (SSSR count). The van der Waals surface area contributed by atoms with Gasteiger partial charge in [-0.1, -0.05) is 59.4 Å². The summed E-state index contributed by atoms with van der Waals surface area (Å²) >= 11 is 1.46. The van der Waals surface area contributed by atoms with Crippen molar-refractivity contribution in [2.24, 2.45) is 12.0 Å². The van der Waals surface area contributed by atoms with Gasteiger partial charge in [-0.05, 0) is 36.9 Å². The van der Waals surface area contributed by atoms with Gasteiger partial charge in [0.2, 0.25) is 5.91 Å². The van der Waals surface area contributed by atoms with Crippen LogP contribution in [0.15, 0.2) is 70.6 Å². The predicted molar refractivity (Wildman–Crippen MR) is 121 cm³/mol. The van der Waals surface area contributed by atoms with E-state index in [0.717, 1.165) is 26.6 Å². The zero-order valence-electron chi connectivity index (χ0n) is 16.8. The van der Waals surface area contributed by atoms with E-state index in [1.54, 1.807) is 24.3 Å². The van der Waals surface area contributed by atoms with Crippen molar-refractivity contribution in [2.75, 3.05) is 5.75 Å². The number of nitrogens with zero attached hydrogens (tertiary/aromatic N) is 2. The van der Waals surface area contributed by atoms with Gasteiger partial charge in [0, 0.05) is 18.9 Å². The van der Waals surface area contributed by atoms with Crippen molar-refractivity contribution in [1.82, 2.24) is 4.57 Å². The molecule has 0 aliphatic carbocycles. The quantitative estimate of drug-likeness (QED) is 0.464. The minimum absolute atomic E-state index is 0.0689. The maximum atomic E-state index is 12.4. The van der Waals surface area contributed by atoms with Crippen LogP contribution in [0.25, 0.3) is 21.0 Å². The van der Waals surface area contributed by atoms with E-state index in [2.05, 4.69) is 23.2 Å². The molecule has 1 amide bonds. The van der Waals surface area contributed by atoms with Crippen molar-refractivity contribution in [3.8, 4) is 0 Å². The van der Waals surface area contributed by atoms with E-state index in [1.165, 1.54) is 11.3 Å². The fraction of sp³-hybridized carbons (Fsp3) is 0.217. The Labute approximate surface area is 179 Å². The van der Waals surface area contributed by atoms with E-state index in [9.17, 15) is 13.2 Å². The van der Waals surface area contributed by atoms with Crippen molar-refractivity contribution in [3.05, 3.63) is 71.0 Å². The van der Waals surface area contributed by atoms with Gasteiger partial charge in [0.25, 0.3) is 0 Å². The van der Waals surface area contributed by atoms with Gasteiger partial charge in [0.05, 0.1) is 20.9 Å². The number of aromatic nitrogens is 1. The molecule has 3 aromatic carbocycles. The van der Waals surface area contributed by atoms with Crippen molar-refractivity contribution in [3.63, 3.8) is 0 Å². The predicted octanol–water partition coefficient (Wildman–Crippen LogP) is 4.38. The molecule has 0 unspecified atom stereocenters. The Kier molecular flexibility index (Phi) is 5.58. The first kappa shape index (κ1) is 20.5. The molecule has 7 heteroatoms. The first-order chi connectivity index (χ1) is 14.3. The molecule has 0 bridgehead atoms. The van der Waals surface area contributed by atoms with Crippen LogP contribution in [-0.2, 0) is 21.7 Å². The summed E-state index contributed by atoms with van der Waals surface area (Å²) in [5, 5.41) is 2.25. The van der Waals surface area contributed by atoms with Gasteiger partial charge in [-0.25, -0.2) is 8.42 Å². The van der Waals surface area contributed by atoms with Crippen LogP contribution in [0.2, 0.25) is 0 Å². The summed E-state index contributed by atoms with van der Waals surface area (Å²) in [6, 6.07) is 19.0. The lowest BCUT2D eigenvalue weighted by molar-refractivity contribution is -0.118. The molecular formula is C23H22N2O3S2. The van der Waals surface area contributed by atoms with Gasteiger partial charge in [-0.3, -0.25) is 4.79 Å². The van der Waals surface area contributed by atoms with Gasteiger partial charge in [-0.2, -0.15) is 4.99 Å². The Morgan fingerprint density at radius 1 is 1.03 bits per heavy atom. The molecule has 1 aromatic heterocycles. The van der Waals surface area contributed by atoms with Crippen LogP contribution in [0, 0.1) is 6.92 Å². The second-order valence-corrected chi connectivity index (χ2v) is 10.4. The molecule has 5 nitrogen and oxygen atoms in total. The number of amides is 1. The molecule has 0 aliphatic rings. The smallest absolute Gasteiger partial charge is 0.248 e. The molecule has 0 atom stereocenters. The topological polar surface area (TPSA) is 68.5 Å². The van der Waals surface area contributed by atoms with Crippen molar-refractivity contribution >= 4 is 48.1 Å². The SMILES string of the molecule is Cc1ccc(S(=O)(=O)CCCC(=O)N=c2sc3ccc4ccccc4c3n2C)cc1. The highest BCUT2D eigenvalue weighted by Gasteiger charge is 2.15. The van der Waals surface area contributed by atoms with Crippen LogP contribution >= 0.6 is 11.3 Å². The Bertz CT molecular complexity index is 1410. The second-order valence-electron chi connectivity index (χ2n) is 7.32. The summed E-state index contributed by atoms with van der Waals surface area (Å²) in [4.78, 5) is 17.6. The monoisotopic (exact) mass is 438 g/mol. The van der Waals surface area contributed by atoms with Crippen LogP contribution in [0.1, 0.15) is 18.4 Å². The first-order valence-electron chi connectivity index (χ1n) is 9.69. The highest BCUT2D eigenvalue weighted by atomic mass is 32.2. The summed E-state index contributed by atoms with van der Waals surface area (Å²) < 4.78 is 27.9. The molecule has 1 heterocycles. The fourth-order valence-corrected chi connectivity index (χ4v) is 5.83. The third kappa shape index (κ3) is 4.08. The Hall–Kier alpha value is -2.77. The summed E-state index contributed by atoms with van der Waals surface area (Å²) in [6.07, 6.45) is 0.343. The average molecular weight is 439 g/mol. The lowest BCUT2D eigenvalue weighted by atomic mass is 10.1. The zero-order valence-corrected chi connectivity index (χ0v) is 18.5. The number of sulfone groups is 1. The van der Waals surface area contributed by atoms with E-state index in [0.29, 0.717) is 9.70 Å². The molecule has 4 aromatic rings. The molecule has 0 aliphatic heterocycles. The molecule has 30 heavy (non-hydrogen) atoms. The molecule has 0 radical (unpaired) electrons. The minimum atomic E-state index is -3.40. The standard InChI is InChI=1S/C23H22N2O3S2/c1-16-9-12-18(13-10-16)30(27,28)15-5-8-21(26)24-23-25(2)22-19-7-4-3-6-17(19)11-14-20(22)29-23/h3-4,6-7,9-14H,5,8,15H2,1-2H3. The maximum Gasteiger partial charge on any atom is 0.248 e. The number of aryl methyl sites for hydroxylation is 2. The maximum absolute atomic E-state index is 12.4. The molecule has 0 saturated heterocycles. The number of thiazole rings is 1. The van der Waals surface area contributed by atoms with E-state index in [1.807, 2.05) is 36.7 Å². The van der Waals surface area contributed by atoms with Crippen LogP contribution in [0.4, 0.5) is 0 Å².